The van der Waals surface area contributed by atoms with Crippen molar-refractivity contribution < 1.29 is 9.53 Å². The predicted octanol–water partition coefficient (Wildman–Crippen LogP) is 1.70. The fourth-order valence-corrected chi connectivity index (χ4v) is 2.78. The standard InChI is InChI=1S/C17H18ClN5O2/c1-2-9-25-16(24)14-11-19-7-8-23(14)15-4-3-12(10-21-15)13-5-6-20-17(18)22-13/h2-6,10,14,19H,1,7-9,11H2. The first-order valence-electron chi connectivity index (χ1n) is 7.89. The number of nitrogens with one attached hydrogen (secondary N) is 1. The van der Waals surface area contributed by atoms with E-state index in [1.165, 1.54) is 0 Å². The van der Waals surface area contributed by atoms with E-state index in [-0.39, 0.29) is 17.9 Å². The van der Waals surface area contributed by atoms with Gasteiger partial charge in [0, 0.05) is 37.6 Å². The Morgan fingerprint density at radius 3 is 3.04 bits per heavy atom. The molecule has 0 saturated carbocycles. The van der Waals surface area contributed by atoms with Gasteiger partial charge in [0.2, 0.25) is 5.28 Å². The van der Waals surface area contributed by atoms with Crippen LogP contribution in [-0.4, -0.2) is 53.2 Å². The molecule has 25 heavy (non-hydrogen) atoms. The van der Waals surface area contributed by atoms with Crippen LogP contribution in [0.4, 0.5) is 5.82 Å². The van der Waals surface area contributed by atoms with Crippen LogP contribution in [0.1, 0.15) is 0 Å². The molecule has 1 saturated heterocycles. The maximum absolute atomic E-state index is 12.3. The lowest BCUT2D eigenvalue weighted by Gasteiger charge is -2.35. The first-order valence-corrected chi connectivity index (χ1v) is 8.26. The zero-order chi connectivity index (χ0) is 17.6. The molecule has 1 unspecified atom stereocenters. The number of ether oxygens (including phenoxy) is 1. The van der Waals surface area contributed by atoms with E-state index in [0.29, 0.717) is 24.6 Å². The van der Waals surface area contributed by atoms with Crippen molar-refractivity contribution in [1.82, 2.24) is 20.3 Å². The molecule has 8 heteroatoms. The van der Waals surface area contributed by atoms with Crippen molar-refractivity contribution in [1.29, 1.82) is 0 Å². The van der Waals surface area contributed by atoms with Gasteiger partial charge in [-0.2, -0.15) is 0 Å². The molecule has 1 N–H and O–H groups in total. The largest absolute Gasteiger partial charge is 0.460 e. The second kappa shape index (κ2) is 8.04. The lowest BCUT2D eigenvalue weighted by Crippen LogP contribution is -2.56. The summed E-state index contributed by atoms with van der Waals surface area (Å²) in [7, 11) is 0. The molecule has 0 radical (unpaired) electrons. The van der Waals surface area contributed by atoms with Crippen LogP contribution in [0.2, 0.25) is 5.28 Å². The molecule has 1 aliphatic rings. The van der Waals surface area contributed by atoms with E-state index >= 15 is 0 Å². The number of halogens is 1. The van der Waals surface area contributed by atoms with E-state index in [2.05, 4.69) is 26.8 Å². The summed E-state index contributed by atoms with van der Waals surface area (Å²) in [5, 5.41) is 3.40. The number of pyridine rings is 1. The van der Waals surface area contributed by atoms with E-state index in [1.807, 2.05) is 17.0 Å². The van der Waals surface area contributed by atoms with Crippen LogP contribution >= 0.6 is 11.6 Å². The zero-order valence-corrected chi connectivity index (χ0v) is 14.3. The van der Waals surface area contributed by atoms with Crippen molar-refractivity contribution in [2.45, 2.75) is 6.04 Å². The molecule has 1 aliphatic heterocycles. The summed E-state index contributed by atoms with van der Waals surface area (Å²) in [4.78, 5) is 26.7. The van der Waals surface area contributed by atoms with Gasteiger partial charge in [-0.1, -0.05) is 12.7 Å². The number of nitrogens with zero attached hydrogens (tertiary/aromatic N) is 4. The summed E-state index contributed by atoms with van der Waals surface area (Å²) in [5.41, 5.74) is 1.52. The Labute approximate surface area is 150 Å². The van der Waals surface area contributed by atoms with Crippen LogP contribution < -0.4 is 10.2 Å². The molecule has 0 aliphatic carbocycles. The van der Waals surface area contributed by atoms with Gasteiger partial charge in [0.15, 0.2) is 0 Å². The number of carbonyl (C=O) groups is 1. The molecule has 1 atom stereocenters. The van der Waals surface area contributed by atoms with Crippen LogP contribution in [-0.2, 0) is 9.53 Å². The van der Waals surface area contributed by atoms with Crippen LogP contribution in [0.3, 0.4) is 0 Å². The molecule has 2 aromatic heterocycles. The molecule has 0 aromatic carbocycles. The van der Waals surface area contributed by atoms with Gasteiger partial charge in [-0.25, -0.2) is 19.7 Å². The molecule has 1 fully saturated rings. The number of piperazine rings is 1. The average Bonchev–Trinajstić information content (AvgIpc) is 2.66. The molecular weight excluding hydrogens is 342 g/mol. The topological polar surface area (TPSA) is 80.2 Å². The fourth-order valence-electron chi connectivity index (χ4n) is 2.63. The molecule has 0 amide bonds. The summed E-state index contributed by atoms with van der Waals surface area (Å²) in [5.74, 6) is 0.423. The highest BCUT2D eigenvalue weighted by molar-refractivity contribution is 6.28. The number of rotatable bonds is 5. The lowest BCUT2D eigenvalue weighted by molar-refractivity contribution is -0.144. The number of hydrogen-bond donors (Lipinski definition) is 1. The average molecular weight is 360 g/mol. The van der Waals surface area contributed by atoms with Crippen LogP contribution in [0.25, 0.3) is 11.3 Å². The zero-order valence-electron chi connectivity index (χ0n) is 13.6. The van der Waals surface area contributed by atoms with Crippen LogP contribution in [0, 0.1) is 0 Å². The Balaban J connectivity index is 1.79. The Morgan fingerprint density at radius 2 is 2.32 bits per heavy atom. The van der Waals surface area contributed by atoms with E-state index in [9.17, 15) is 4.79 Å². The highest BCUT2D eigenvalue weighted by Gasteiger charge is 2.30. The summed E-state index contributed by atoms with van der Waals surface area (Å²) >= 11 is 5.83. The highest BCUT2D eigenvalue weighted by Crippen LogP contribution is 2.22. The number of hydrogen-bond acceptors (Lipinski definition) is 7. The van der Waals surface area contributed by atoms with Crippen molar-refractivity contribution in [2.75, 3.05) is 31.1 Å². The van der Waals surface area contributed by atoms with Gasteiger partial charge in [0.05, 0.1) is 5.69 Å². The van der Waals surface area contributed by atoms with E-state index in [0.717, 1.165) is 12.1 Å². The quantitative estimate of drug-likeness (QED) is 0.494. The minimum atomic E-state index is -0.416. The molecule has 3 heterocycles. The van der Waals surface area contributed by atoms with Crippen molar-refractivity contribution in [3.05, 3.63) is 48.5 Å². The number of carbonyl (C=O) groups excluding carboxylic acids is 1. The SMILES string of the molecule is C=CCOC(=O)C1CNCCN1c1ccc(-c2ccnc(Cl)n2)cn1. The molecule has 3 rings (SSSR count). The predicted molar refractivity (Wildman–Crippen MR) is 95.4 cm³/mol. The third-order valence-electron chi connectivity index (χ3n) is 3.82. The summed E-state index contributed by atoms with van der Waals surface area (Å²) < 4.78 is 5.19. The van der Waals surface area contributed by atoms with Crippen LogP contribution in [0.15, 0.2) is 43.2 Å². The Hall–Kier alpha value is -2.51. The van der Waals surface area contributed by atoms with Gasteiger partial charge in [-0.05, 0) is 29.8 Å². The van der Waals surface area contributed by atoms with Gasteiger partial charge < -0.3 is 15.0 Å². The van der Waals surface area contributed by atoms with Crippen molar-refractivity contribution in [3.63, 3.8) is 0 Å². The summed E-state index contributed by atoms with van der Waals surface area (Å²) in [6.07, 6.45) is 4.86. The number of anilines is 1. The fraction of sp³-hybridized carbons (Fsp3) is 0.294. The normalized spacial score (nSPS) is 17.2. The van der Waals surface area contributed by atoms with E-state index < -0.39 is 6.04 Å². The summed E-state index contributed by atoms with van der Waals surface area (Å²) in [6, 6.07) is 5.11. The van der Waals surface area contributed by atoms with Gasteiger partial charge in [0.1, 0.15) is 18.5 Å². The monoisotopic (exact) mass is 359 g/mol. The van der Waals surface area contributed by atoms with E-state index in [4.69, 9.17) is 16.3 Å². The molecule has 7 nitrogen and oxygen atoms in total. The van der Waals surface area contributed by atoms with Gasteiger partial charge >= 0.3 is 5.97 Å². The van der Waals surface area contributed by atoms with Crippen LogP contribution in [0.5, 0.6) is 0 Å². The first-order chi connectivity index (χ1) is 12.2. The second-order valence-electron chi connectivity index (χ2n) is 5.45. The molecule has 2 aromatic rings. The van der Waals surface area contributed by atoms with Gasteiger partial charge in [0.25, 0.3) is 0 Å². The molecular formula is C17H18ClN5O2. The number of aromatic nitrogens is 3. The Morgan fingerprint density at radius 1 is 1.44 bits per heavy atom. The van der Waals surface area contributed by atoms with Crippen molar-refractivity contribution in [3.8, 4) is 11.3 Å². The summed E-state index contributed by atoms with van der Waals surface area (Å²) in [6.45, 7) is 5.71. The number of esters is 1. The maximum atomic E-state index is 12.3. The maximum Gasteiger partial charge on any atom is 0.330 e. The Bertz CT molecular complexity index is 753. The molecule has 0 spiro atoms. The third-order valence-corrected chi connectivity index (χ3v) is 4.01. The minimum absolute atomic E-state index is 0.189. The first kappa shape index (κ1) is 17.3. The van der Waals surface area contributed by atoms with Crippen molar-refractivity contribution in [2.24, 2.45) is 0 Å². The third kappa shape index (κ3) is 4.12. The minimum Gasteiger partial charge on any atom is -0.460 e. The lowest BCUT2D eigenvalue weighted by atomic mass is 10.1. The molecule has 0 bridgehead atoms. The smallest absolute Gasteiger partial charge is 0.330 e. The van der Waals surface area contributed by atoms with Gasteiger partial charge in [-0.3, -0.25) is 0 Å². The van der Waals surface area contributed by atoms with E-state index in [1.54, 1.807) is 24.5 Å². The van der Waals surface area contributed by atoms with Crippen molar-refractivity contribution >= 4 is 23.4 Å². The second-order valence-corrected chi connectivity index (χ2v) is 5.79. The highest BCUT2D eigenvalue weighted by atomic mass is 35.5. The Kier molecular flexibility index (Phi) is 5.57. The van der Waals surface area contributed by atoms with Gasteiger partial charge in [-0.15, -0.1) is 0 Å². The molecule has 130 valence electrons.